The lowest BCUT2D eigenvalue weighted by atomic mass is 10.1. The van der Waals surface area contributed by atoms with Crippen LogP contribution in [0.3, 0.4) is 0 Å². The fourth-order valence-electron chi connectivity index (χ4n) is 2.16. The van der Waals surface area contributed by atoms with Gasteiger partial charge in [0.15, 0.2) is 0 Å². The van der Waals surface area contributed by atoms with E-state index in [1.165, 1.54) is 12.1 Å². The third kappa shape index (κ3) is 3.38. The molecule has 102 valence electrons. The van der Waals surface area contributed by atoms with E-state index in [4.69, 9.17) is 5.26 Å². The summed E-state index contributed by atoms with van der Waals surface area (Å²) in [5, 5.41) is 14.9. The maximum Gasteiger partial charge on any atom is 0.417 e. The average Bonchev–Trinajstić information content (AvgIpc) is 2.88. The highest BCUT2D eigenvalue weighted by atomic mass is 19.4. The number of rotatable bonds is 3. The van der Waals surface area contributed by atoms with Crippen molar-refractivity contribution in [1.29, 1.82) is 5.26 Å². The van der Waals surface area contributed by atoms with Crippen LogP contribution in [0.25, 0.3) is 0 Å². The van der Waals surface area contributed by atoms with Crippen molar-refractivity contribution in [2.24, 2.45) is 0 Å². The highest BCUT2D eigenvalue weighted by molar-refractivity contribution is 5.53. The number of hydrogen-bond donors (Lipinski definition) is 2. The van der Waals surface area contributed by atoms with Gasteiger partial charge in [-0.25, -0.2) is 0 Å². The number of nitrogens with zero attached hydrogens (tertiary/aromatic N) is 1. The quantitative estimate of drug-likeness (QED) is 0.887. The van der Waals surface area contributed by atoms with Gasteiger partial charge in [-0.2, -0.15) is 18.4 Å². The number of hydrogen-bond acceptors (Lipinski definition) is 3. The standard InChI is InChI=1S/C13H14F3N3/c14-13(15,16)12-6-10(4-3-9(12)7-17)19-8-11-2-1-5-18-11/h3-4,6,11,18-19H,1-2,5,8H2. The summed E-state index contributed by atoms with van der Waals surface area (Å²) in [4.78, 5) is 0. The highest BCUT2D eigenvalue weighted by Crippen LogP contribution is 2.33. The lowest BCUT2D eigenvalue weighted by Crippen LogP contribution is -2.29. The Morgan fingerprint density at radius 3 is 2.79 bits per heavy atom. The van der Waals surface area contributed by atoms with Crippen LogP contribution in [0.15, 0.2) is 18.2 Å². The summed E-state index contributed by atoms with van der Waals surface area (Å²) in [5.41, 5.74) is -0.851. The molecule has 6 heteroatoms. The Kier molecular flexibility index (Phi) is 3.96. The van der Waals surface area contributed by atoms with Gasteiger partial charge in [0.05, 0.1) is 17.2 Å². The van der Waals surface area contributed by atoms with Gasteiger partial charge in [-0.1, -0.05) is 0 Å². The molecule has 1 saturated heterocycles. The molecule has 1 aromatic rings. The minimum atomic E-state index is -4.51. The number of alkyl halides is 3. The third-order valence-corrected chi connectivity index (χ3v) is 3.16. The van der Waals surface area contributed by atoms with Crippen LogP contribution >= 0.6 is 0 Å². The van der Waals surface area contributed by atoms with E-state index in [9.17, 15) is 13.2 Å². The molecule has 1 aliphatic rings. The average molecular weight is 269 g/mol. The van der Waals surface area contributed by atoms with E-state index < -0.39 is 11.7 Å². The van der Waals surface area contributed by atoms with Crippen molar-refractivity contribution in [3.63, 3.8) is 0 Å². The molecule has 1 aliphatic heterocycles. The summed E-state index contributed by atoms with van der Waals surface area (Å²) in [5.74, 6) is 0. The van der Waals surface area contributed by atoms with Crippen molar-refractivity contribution < 1.29 is 13.2 Å². The highest BCUT2D eigenvalue weighted by Gasteiger charge is 2.33. The Balaban J connectivity index is 2.11. The summed E-state index contributed by atoms with van der Waals surface area (Å²) in [7, 11) is 0. The van der Waals surface area contributed by atoms with Gasteiger partial charge in [-0.05, 0) is 37.6 Å². The monoisotopic (exact) mass is 269 g/mol. The molecule has 0 spiro atoms. The zero-order chi connectivity index (χ0) is 13.9. The minimum absolute atomic E-state index is 0.296. The van der Waals surface area contributed by atoms with Crippen LogP contribution in [0.4, 0.5) is 18.9 Å². The SMILES string of the molecule is N#Cc1ccc(NCC2CCCN2)cc1C(F)(F)F. The van der Waals surface area contributed by atoms with E-state index in [2.05, 4.69) is 10.6 Å². The largest absolute Gasteiger partial charge is 0.417 e. The fraction of sp³-hybridized carbons (Fsp3) is 0.462. The van der Waals surface area contributed by atoms with Crippen LogP contribution in [0, 0.1) is 11.3 Å². The summed E-state index contributed by atoms with van der Waals surface area (Å²) in [6.45, 7) is 1.54. The Labute approximate surface area is 109 Å². The van der Waals surface area contributed by atoms with Crippen molar-refractivity contribution in [1.82, 2.24) is 5.32 Å². The summed E-state index contributed by atoms with van der Waals surface area (Å²) >= 11 is 0. The minimum Gasteiger partial charge on any atom is -0.383 e. The molecule has 3 nitrogen and oxygen atoms in total. The first-order valence-corrected chi connectivity index (χ1v) is 6.09. The first-order chi connectivity index (χ1) is 9.00. The molecule has 0 bridgehead atoms. The molecule has 2 rings (SSSR count). The van der Waals surface area contributed by atoms with Crippen molar-refractivity contribution in [2.75, 3.05) is 18.4 Å². The molecule has 0 radical (unpaired) electrons. The first-order valence-electron chi connectivity index (χ1n) is 6.09. The third-order valence-electron chi connectivity index (χ3n) is 3.16. The fourth-order valence-corrected chi connectivity index (χ4v) is 2.16. The maximum atomic E-state index is 12.8. The smallest absolute Gasteiger partial charge is 0.383 e. The predicted octanol–water partition coefficient (Wildman–Crippen LogP) is 2.74. The van der Waals surface area contributed by atoms with Gasteiger partial charge in [0.2, 0.25) is 0 Å². The van der Waals surface area contributed by atoms with Gasteiger partial charge < -0.3 is 10.6 Å². The van der Waals surface area contributed by atoms with Gasteiger partial charge in [-0.3, -0.25) is 0 Å². The molecular weight excluding hydrogens is 255 g/mol. The van der Waals surface area contributed by atoms with Crippen LogP contribution in [-0.2, 0) is 6.18 Å². The summed E-state index contributed by atoms with van der Waals surface area (Å²) < 4.78 is 38.3. The van der Waals surface area contributed by atoms with Crippen LogP contribution in [0.2, 0.25) is 0 Å². The molecule has 0 saturated carbocycles. The van der Waals surface area contributed by atoms with E-state index in [0.717, 1.165) is 25.5 Å². The van der Waals surface area contributed by atoms with Crippen LogP contribution in [-0.4, -0.2) is 19.1 Å². The molecule has 1 atom stereocenters. The Morgan fingerprint density at radius 1 is 1.42 bits per heavy atom. The molecule has 0 aromatic heterocycles. The Bertz CT molecular complexity index is 485. The van der Waals surface area contributed by atoms with Gasteiger partial charge >= 0.3 is 6.18 Å². The summed E-state index contributed by atoms with van der Waals surface area (Å²) in [6, 6.07) is 5.56. The topological polar surface area (TPSA) is 47.9 Å². The second kappa shape index (κ2) is 5.49. The lowest BCUT2D eigenvalue weighted by molar-refractivity contribution is -0.137. The van der Waals surface area contributed by atoms with Gasteiger partial charge in [-0.15, -0.1) is 0 Å². The predicted molar refractivity (Wildman–Crippen MR) is 65.7 cm³/mol. The number of nitrogens with one attached hydrogen (secondary N) is 2. The zero-order valence-corrected chi connectivity index (χ0v) is 10.2. The zero-order valence-electron chi connectivity index (χ0n) is 10.2. The van der Waals surface area contributed by atoms with Gasteiger partial charge in [0.25, 0.3) is 0 Å². The number of nitriles is 1. The molecule has 1 fully saturated rings. The molecule has 1 heterocycles. The van der Waals surface area contributed by atoms with Crippen molar-refractivity contribution in [3.05, 3.63) is 29.3 Å². The van der Waals surface area contributed by atoms with E-state index in [-0.39, 0.29) is 5.56 Å². The number of halogens is 3. The van der Waals surface area contributed by atoms with Crippen LogP contribution in [0.5, 0.6) is 0 Å². The Hall–Kier alpha value is -1.74. The summed E-state index contributed by atoms with van der Waals surface area (Å²) in [6.07, 6.45) is -2.39. The molecule has 2 N–H and O–H groups in total. The van der Waals surface area contributed by atoms with E-state index in [1.54, 1.807) is 6.07 Å². The van der Waals surface area contributed by atoms with Gasteiger partial charge in [0.1, 0.15) is 0 Å². The molecule has 19 heavy (non-hydrogen) atoms. The molecule has 0 aliphatic carbocycles. The van der Waals surface area contributed by atoms with Crippen molar-refractivity contribution >= 4 is 5.69 Å². The van der Waals surface area contributed by atoms with Crippen molar-refractivity contribution in [3.8, 4) is 6.07 Å². The first kappa shape index (κ1) is 13.7. The normalized spacial score (nSPS) is 19.2. The number of benzene rings is 1. The second-order valence-corrected chi connectivity index (χ2v) is 4.54. The van der Waals surface area contributed by atoms with Crippen LogP contribution < -0.4 is 10.6 Å². The van der Waals surface area contributed by atoms with E-state index in [1.807, 2.05) is 0 Å². The molecule has 1 unspecified atom stereocenters. The maximum absolute atomic E-state index is 12.8. The second-order valence-electron chi connectivity index (χ2n) is 4.54. The lowest BCUT2D eigenvalue weighted by Gasteiger charge is -2.15. The van der Waals surface area contributed by atoms with E-state index >= 15 is 0 Å². The van der Waals surface area contributed by atoms with Crippen molar-refractivity contribution in [2.45, 2.75) is 25.1 Å². The molecule has 1 aromatic carbocycles. The molecular formula is C13H14F3N3. The number of anilines is 1. The van der Waals surface area contributed by atoms with Crippen LogP contribution in [0.1, 0.15) is 24.0 Å². The van der Waals surface area contributed by atoms with Gasteiger partial charge in [0, 0.05) is 18.3 Å². The Morgan fingerprint density at radius 2 is 2.21 bits per heavy atom. The molecule has 0 amide bonds. The van der Waals surface area contributed by atoms with E-state index in [0.29, 0.717) is 18.3 Å².